The minimum Gasteiger partial charge on any atom is -0.465 e. The van der Waals surface area contributed by atoms with Crippen LogP contribution in [0.1, 0.15) is 41.0 Å². The highest BCUT2D eigenvalue weighted by Crippen LogP contribution is 2.31. The van der Waals surface area contributed by atoms with Crippen molar-refractivity contribution in [1.82, 2.24) is 14.9 Å². The number of amides is 1. The molecule has 2 aromatic carbocycles. The Hall–Kier alpha value is -4.12. The van der Waals surface area contributed by atoms with Crippen LogP contribution in [-0.2, 0) is 0 Å². The van der Waals surface area contributed by atoms with E-state index in [1.54, 1.807) is 24.4 Å². The van der Waals surface area contributed by atoms with E-state index in [1.807, 2.05) is 26.0 Å². The maximum absolute atomic E-state index is 11.1. The van der Waals surface area contributed by atoms with Gasteiger partial charge in [0.25, 0.3) is 0 Å². The van der Waals surface area contributed by atoms with Crippen LogP contribution in [0.15, 0.2) is 48.7 Å². The monoisotopic (exact) mass is 443 g/mol. The Kier molecular flexibility index (Phi) is 6.41. The zero-order chi connectivity index (χ0) is 23.4. The van der Waals surface area contributed by atoms with Crippen LogP contribution in [-0.4, -0.2) is 39.2 Å². The van der Waals surface area contributed by atoms with Gasteiger partial charge in [-0.3, -0.25) is 0 Å². The SMILES string of the molecule is Cc1cc(C#N)cc(C)c1Oc1ccnc(Nc2ccc(C3CCN(C(=O)O)CC3)cc2)n1. The lowest BCUT2D eigenvalue weighted by Crippen LogP contribution is -2.36. The van der Waals surface area contributed by atoms with E-state index in [0.717, 1.165) is 29.7 Å². The summed E-state index contributed by atoms with van der Waals surface area (Å²) in [7, 11) is 0. The summed E-state index contributed by atoms with van der Waals surface area (Å²) >= 11 is 0. The standard InChI is InChI=1S/C25H25N5O3/c1-16-13-18(15-26)14-17(2)23(16)33-22-7-10-27-24(29-22)28-21-5-3-19(4-6-21)20-8-11-30(12-9-20)25(31)32/h3-7,10,13-14,20H,8-9,11-12H2,1-2H3,(H,31,32)(H,27,28,29). The number of hydrogen-bond acceptors (Lipinski definition) is 6. The summed E-state index contributed by atoms with van der Waals surface area (Å²) in [6, 6.07) is 15.5. The third-order valence-electron chi connectivity index (χ3n) is 5.83. The van der Waals surface area contributed by atoms with E-state index >= 15 is 0 Å². The van der Waals surface area contributed by atoms with Crippen LogP contribution in [0.25, 0.3) is 0 Å². The van der Waals surface area contributed by atoms with Crippen molar-refractivity contribution in [2.45, 2.75) is 32.6 Å². The summed E-state index contributed by atoms with van der Waals surface area (Å²) < 4.78 is 6.00. The van der Waals surface area contributed by atoms with Gasteiger partial charge in [0.15, 0.2) is 0 Å². The minimum absolute atomic E-state index is 0.363. The van der Waals surface area contributed by atoms with Crippen LogP contribution < -0.4 is 10.1 Å². The fourth-order valence-electron chi connectivity index (χ4n) is 4.11. The smallest absolute Gasteiger partial charge is 0.407 e. The van der Waals surface area contributed by atoms with Crippen LogP contribution in [0.2, 0.25) is 0 Å². The number of ether oxygens (including phenoxy) is 1. The van der Waals surface area contributed by atoms with Gasteiger partial charge >= 0.3 is 6.09 Å². The Morgan fingerprint density at radius 3 is 2.42 bits per heavy atom. The number of nitrogens with zero attached hydrogens (tertiary/aromatic N) is 4. The van der Waals surface area contributed by atoms with Gasteiger partial charge in [0.2, 0.25) is 11.8 Å². The van der Waals surface area contributed by atoms with Crippen molar-refractivity contribution in [3.05, 3.63) is 70.9 Å². The van der Waals surface area contributed by atoms with Crippen LogP contribution >= 0.6 is 0 Å². The van der Waals surface area contributed by atoms with Crippen molar-refractivity contribution in [2.75, 3.05) is 18.4 Å². The number of hydrogen-bond donors (Lipinski definition) is 2. The first kappa shape index (κ1) is 22.1. The van der Waals surface area contributed by atoms with Crippen molar-refractivity contribution in [3.8, 4) is 17.7 Å². The number of rotatable bonds is 5. The Morgan fingerprint density at radius 1 is 1.15 bits per heavy atom. The molecule has 8 heteroatoms. The normalized spacial score (nSPS) is 13.9. The summed E-state index contributed by atoms with van der Waals surface area (Å²) in [4.78, 5) is 21.3. The predicted molar refractivity (Wildman–Crippen MR) is 124 cm³/mol. The molecule has 0 radical (unpaired) electrons. The fourth-order valence-corrected chi connectivity index (χ4v) is 4.11. The molecule has 8 nitrogen and oxygen atoms in total. The molecule has 3 aromatic rings. The fraction of sp³-hybridized carbons (Fsp3) is 0.280. The quantitative estimate of drug-likeness (QED) is 0.546. The van der Waals surface area contributed by atoms with Gasteiger partial charge in [-0.2, -0.15) is 10.2 Å². The summed E-state index contributed by atoms with van der Waals surface area (Å²) in [6.07, 6.45) is 2.44. The highest BCUT2D eigenvalue weighted by Gasteiger charge is 2.23. The predicted octanol–water partition coefficient (Wildman–Crippen LogP) is 5.36. The Bertz CT molecular complexity index is 1170. The molecule has 0 bridgehead atoms. The van der Waals surface area contributed by atoms with E-state index in [-0.39, 0.29) is 0 Å². The molecule has 1 fully saturated rings. The number of benzene rings is 2. The Morgan fingerprint density at radius 2 is 1.82 bits per heavy atom. The molecule has 0 spiro atoms. The maximum atomic E-state index is 11.1. The van der Waals surface area contributed by atoms with Gasteiger partial charge in [-0.15, -0.1) is 0 Å². The zero-order valence-electron chi connectivity index (χ0n) is 18.6. The zero-order valence-corrected chi connectivity index (χ0v) is 18.6. The number of aryl methyl sites for hydroxylation is 2. The molecule has 1 aliphatic rings. The molecule has 0 atom stereocenters. The third kappa shape index (κ3) is 5.21. The third-order valence-corrected chi connectivity index (χ3v) is 5.83. The first-order chi connectivity index (χ1) is 15.9. The molecule has 168 valence electrons. The number of carbonyl (C=O) groups is 1. The summed E-state index contributed by atoms with van der Waals surface area (Å²) in [5.74, 6) is 1.86. The number of piperidine rings is 1. The molecule has 1 saturated heterocycles. The lowest BCUT2D eigenvalue weighted by molar-refractivity contribution is 0.132. The van der Waals surface area contributed by atoms with Gasteiger partial charge in [0.1, 0.15) is 5.75 Å². The molecule has 4 rings (SSSR count). The molecule has 2 N–H and O–H groups in total. The second kappa shape index (κ2) is 9.57. The van der Waals surface area contributed by atoms with E-state index in [0.29, 0.717) is 42.1 Å². The van der Waals surface area contributed by atoms with Crippen LogP contribution in [0.4, 0.5) is 16.4 Å². The number of aromatic nitrogens is 2. The second-order valence-corrected chi connectivity index (χ2v) is 8.16. The largest absolute Gasteiger partial charge is 0.465 e. The van der Waals surface area contributed by atoms with Crippen molar-refractivity contribution in [3.63, 3.8) is 0 Å². The van der Waals surface area contributed by atoms with E-state index in [4.69, 9.17) is 15.1 Å². The molecule has 1 aliphatic heterocycles. The molecule has 0 saturated carbocycles. The Balaban J connectivity index is 1.42. The van der Waals surface area contributed by atoms with Gasteiger partial charge in [-0.1, -0.05) is 12.1 Å². The number of anilines is 2. The number of carboxylic acid groups (broad SMARTS) is 1. The van der Waals surface area contributed by atoms with Crippen molar-refractivity contribution in [1.29, 1.82) is 5.26 Å². The molecular weight excluding hydrogens is 418 g/mol. The number of nitrogens with one attached hydrogen (secondary N) is 1. The van der Waals surface area contributed by atoms with Crippen LogP contribution in [0.5, 0.6) is 11.6 Å². The summed E-state index contributed by atoms with van der Waals surface area (Å²) in [6.45, 7) is 4.94. The lowest BCUT2D eigenvalue weighted by Gasteiger charge is -2.30. The second-order valence-electron chi connectivity index (χ2n) is 8.16. The minimum atomic E-state index is -0.844. The first-order valence-corrected chi connectivity index (χ1v) is 10.8. The van der Waals surface area contributed by atoms with Crippen molar-refractivity contribution >= 4 is 17.7 Å². The summed E-state index contributed by atoms with van der Waals surface area (Å²) in [5.41, 5.74) is 4.38. The average molecular weight is 444 g/mol. The number of nitriles is 1. The van der Waals surface area contributed by atoms with Crippen LogP contribution in [0.3, 0.4) is 0 Å². The molecule has 1 aromatic heterocycles. The van der Waals surface area contributed by atoms with E-state index in [2.05, 4.69) is 33.5 Å². The van der Waals surface area contributed by atoms with Gasteiger partial charge in [-0.25, -0.2) is 9.78 Å². The van der Waals surface area contributed by atoms with E-state index in [9.17, 15) is 4.79 Å². The maximum Gasteiger partial charge on any atom is 0.407 e. The van der Waals surface area contributed by atoms with Crippen molar-refractivity contribution in [2.24, 2.45) is 0 Å². The first-order valence-electron chi connectivity index (χ1n) is 10.8. The van der Waals surface area contributed by atoms with Gasteiger partial charge in [0.05, 0.1) is 11.6 Å². The molecule has 0 unspecified atom stereocenters. The highest BCUT2D eigenvalue weighted by molar-refractivity contribution is 5.65. The Labute approximate surface area is 192 Å². The van der Waals surface area contributed by atoms with E-state index in [1.165, 1.54) is 10.5 Å². The van der Waals surface area contributed by atoms with Gasteiger partial charge in [-0.05, 0) is 73.6 Å². The molecule has 1 amide bonds. The average Bonchev–Trinajstić information content (AvgIpc) is 2.82. The summed E-state index contributed by atoms with van der Waals surface area (Å²) in [5, 5.41) is 21.4. The molecule has 0 aliphatic carbocycles. The van der Waals surface area contributed by atoms with E-state index < -0.39 is 6.09 Å². The van der Waals surface area contributed by atoms with Crippen molar-refractivity contribution < 1.29 is 14.6 Å². The number of likely N-dealkylation sites (tertiary alicyclic amines) is 1. The van der Waals surface area contributed by atoms with Gasteiger partial charge < -0.3 is 20.1 Å². The topological polar surface area (TPSA) is 111 Å². The molecule has 2 heterocycles. The van der Waals surface area contributed by atoms with Gasteiger partial charge in [0, 0.05) is 31.0 Å². The highest BCUT2D eigenvalue weighted by atomic mass is 16.5. The van der Waals surface area contributed by atoms with Crippen LogP contribution in [0, 0.1) is 25.2 Å². The molecular formula is C25H25N5O3. The lowest BCUT2D eigenvalue weighted by atomic mass is 9.89. The molecule has 33 heavy (non-hydrogen) atoms.